The molecule has 0 aromatic heterocycles. The number of fused-ring (bicyclic) bond motifs is 1. The van der Waals surface area contributed by atoms with E-state index in [0.29, 0.717) is 19.8 Å². The van der Waals surface area contributed by atoms with Crippen LogP contribution in [0.3, 0.4) is 0 Å². The van der Waals surface area contributed by atoms with Crippen molar-refractivity contribution < 1.29 is 14.6 Å². The van der Waals surface area contributed by atoms with Crippen LogP contribution in [0.25, 0.3) is 0 Å². The molecule has 102 valence electrons. The molecule has 0 saturated carbocycles. The molecule has 1 aliphatic carbocycles. The van der Waals surface area contributed by atoms with Crippen LogP contribution in [-0.2, 0) is 28.9 Å². The lowest BCUT2D eigenvalue weighted by atomic mass is 9.86. The molecule has 0 unspecified atom stereocenters. The highest BCUT2D eigenvalue weighted by atomic mass is 16.5. The van der Waals surface area contributed by atoms with E-state index in [1.807, 2.05) is 0 Å². The topological polar surface area (TPSA) is 58.6 Å². The number of benzene rings is 1. The average Bonchev–Trinajstić information content (AvgIpc) is 2.83. The fourth-order valence-electron chi connectivity index (χ4n) is 2.75. The summed E-state index contributed by atoms with van der Waals surface area (Å²) in [4.78, 5) is 12.0. The molecule has 1 amide bonds. The zero-order valence-electron chi connectivity index (χ0n) is 10.9. The van der Waals surface area contributed by atoms with Crippen LogP contribution in [0.15, 0.2) is 18.2 Å². The number of aliphatic hydroxyl groups excluding tert-OH is 1. The molecule has 3 rings (SSSR count). The number of nitrogens with one attached hydrogen (secondary N) is 1. The Labute approximate surface area is 112 Å². The van der Waals surface area contributed by atoms with Crippen LogP contribution < -0.4 is 5.32 Å². The normalized spacial score (nSPS) is 19.6. The zero-order chi connectivity index (χ0) is 13.3. The second kappa shape index (κ2) is 4.94. The Morgan fingerprint density at radius 3 is 2.79 bits per heavy atom. The number of hydrogen-bond acceptors (Lipinski definition) is 3. The molecule has 2 N–H and O–H groups in total. The number of carbonyl (C=O) groups excluding carboxylic acids is 1. The minimum absolute atomic E-state index is 0.109. The number of ether oxygens (including phenoxy) is 1. The maximum absolute atomic E-state index is 12.0. The fourth-order valence-corrected chi connectivity index (χ4v) is 2.75. The summed E-state index contributed by atoms with van der Waals surface area (Å²) in [5.41, 5.74) is 3.27. The van der Waals surface area contributed by atoms with Gasteiger partial charge in [-0.05, 0) is 36.0 Å². The van der Waals surface area contributed by atoms with Crippen LogP contribution in [0, 0.1) is 5.41 Å². The Hall–Kier alpha value is -1.39. The van der Waals surface area contributed by atoms with Crippen molar-refractivity contribution in [1.82, 2.24) is 5.32 Å². The van der Waals surface area contributed by atoms with E-state index in [-0.39, 0.29) is 12.5 Å². The first-order valence-electron chi connectivity index (χ1n) is 6.81. The summed E-state index contributed by atoms with van der Waals surface area (Å²) in [6, 6.07) is 6.43. The standard InChI is InChI=1S/C15H19NO3/c17-8-15(9-19-10-15)14(18)16-7-11-4-5-12-2-1-3-13(12)6-11/h4-6,17H,1-3,7-10H2,(H,16,18). The van der Waals surface area contributed by atoms with E-state index >= 15 is 0 Å². The first kappa shape index (κ1) is 12.6. The van der Waals surface area contributed by atoms with Crippen LogP contribution in [-0.4, -0.2) is 30.8 Å². The average molecular weight is 261 g/mol. The molecule has 1 aliphatic heterocycles. The first-order chi connectivity index (χ1) is 9.23. The van der Waals surface area contributed by atoms with Gasteiger partial charge >= 0.3 is 0 Å². The van der Waals surface area contributed by atoms with Gasteiger partial charge in [-0.3, -0.25) is 4.79 Å². The molecule has 1 heterocycles. The van der Waals surface area contributed by atoms with Crippen molar-refractivity contribution in [2.75, 3.05) is 19.8 Å². The lowest BCUT2D eigenvalue weighted by molar-refractivity contribution is -0.170. The van der Waals surface area contributed by atoms with Gasteiger partial charge in [0.25, 0.3) is 0 Å². The molecule has 19 heavy (non-hydrogen) atoms. The Bertz CT molecular complexity index is 489. The summed E-state index contributed by atoms with van der Waals surface area (Å²) in [6.45, 7) is 1.01. The van der Waals surface area contributed by atoms with Crippen molar-refractivity contribution in [2.45, 2.75) is 25.8 Å². The molecule has 4 nitrogen and oxygen atoms in total. The molecule has 1 aromatic carbocycles. The van der Waals surface area contributed by atoms with E-state index in [1.54, 1.807) is 0 Å². The van der Waals surface area contributed by atoms with Crippen molar-refractivity contribution >= 4 is 5.91 Å². The smallest absolute Gasteiger partial charge is 0.233 e. The molecule has 0 spiro atoms. The van der Waals surface area contributed by atoms with Gasteiger partial charge in [0.05, 0.1) is 19.8 Å². The van der Waals surface area contributed by atoms with Crippen molar-refractivity contribution in [2.24, 2.45) is 5.41 Å². The molecule has 1 fully saturated rings. The molecule has 2 aliphatic rings. The second-order valence-corrected chi connectivity index (χ2v) is 5.57. The van der Waals surface area contributed by atoms with E-state index in [9.17, 15) is 9.90 Å². The van der Waals surface area contributed by atoms with E-state index in [0.717, 1.165) is 12.0 Å². The van der Waals surface area contributed by atoms with Crippen LogP contribution in [0.1, 0.15) is 23.1 Å². The lowest BCUT2D eigenvalue weighted by Crippen LogP contribution is -2.56. The van der Waals surface area contributed by atoms with Crippen molar-refractivity contribution in [3.63, 3.8) is 0 Å². The number of rotatable bonds is 4. The Balaban J connectivity index is 1.62. The van der Waals surface area contributed by atoms with E-state index in [4.69, 9.17) is 4.74 Å². The van der Waals surface area contributed by atoms with Crippen LogP contribution in [0.4, 0.5) is 0 Å². The molecule has 1 aromatic rings. The zero-order valence-corrected chi connectivity index (χ0v) is 10.9. The summed E-state index contributed by atoms with van der Waals surface area (Å²) in [6.07, 6.45) is 3.55. The predicted octanol–water partition coefficient (Wildman–Crippen LogP) is 0.800. The Kier molecular flexibility index (Phi) is 3.29. The van der Waals surface area contributed by atoms with Gasteiger partial charge in [0.2, 0.25) is 5.91 Å². The third kappa shape index (κ3) is 2.26. The van der Waals surface area contributed by atoms with Gasteiger partial charge in [0, 0.05) is 6.54 Å². The Morgan fingerprint density at radius 2 is 2.11 bits per heavy atom. The van der Waals surface area contributed by atoms with Crippen LogP contribution in [0.2, 0.25) is 0 Å². The van der Waals surface area contributed by atoms with Crippen molar-refractivity contribution in [3.8, 4) is 0 Å². The Morgan fingerprint density at radius 1 is 1.32 bits per heavy atom. The molecule has 4 heteroatoms. The second-order valence-electron chi connectivity index (χ2n) is 5.57. The summed E-state index contributed by atoms with van der Waals surface area (Å²) in [7, 11) is 0. The predicted molar refractivity (Wildman–Crippen MR) is 70.7 cm³/mol. The van der Waals surface area contributed by atoms with Gasteiger partial charge in [-0.1, -0.05) is 18.2 Å². The van der Waals surface area contributed by atoms with Crippen molar-refractivity contribution in [1.29, 1.82) is 0 Å². The fraction of sp³-hybridized carbons (Fsp3) is 0.533. The molecule has 0 atom stereocenters. The summed E-state index contributed by atoms with van der Waals surface area (Å²) >= 11 is 0. The van der Waals surface area contributed by atoms with E-state index in [1.165, 1.54) is 24.0 Å². The van der Waals surface area contributed by atoms with Gasteiger partial charge in [-0.2, -0.15) is 0 Å². The van der Waals surface area contributed by atoms with Gasteiger partial charge in [-0.15, -0.1) is 0 Å². The number of aryl methyl sites for hydroxylation is 2. The molecule has 0 radical (unpaired) electrons. The maximum atomic E-state index is 12.0. The van der Waals surface area contributed by atoms with Crippen LogP contribution >= 0.6 is 0 Å². The van der Waals surface area contributed by atoms with E-state index in [2.05, 4.69) is 23.5 Å². The summed E-state index contributed by atoms with van der Waals surface area (Å²) in [5, 5.41) is 12.2. The highest BCUT2D eigenvalue weighted by Gasteiger charge is 2.45. The van der Waals surface area contributed by atoms with Crippen molar-refractivity contribution in [3.05, 3.63) is 34.9 Å². The largest absolute Gasteiger partial charge is 0.395 e. The molecular weight excluding hydrogens is 242 g/mol. The minimum Gasteiger partial charge on any atom is -0.395 e. The summed E-state index contributed by atoms with van der Waals surface area (Å²) < 4.78 is 5.04. The number of aliphatic hydroxyl groups is 1. The summed E-state index contributed by atoms with van der Waals surface area (Å²) in [5.74, 6) is -0.109. The number of hydrogen-bond donors (Lipinski definition) is 2. The van der Waals surface area contributed by atoms with Gasteiger partial charge < -0.3 is 15.2 Å². The molecular formula is C15H19NO3. The van der Waals surface area contributed by atoms with Gasteiger partial charge in [0.1, 0.15) is 5.41 Å². The lowest BCUT2D eigenvalue weighted by Gasteiger charge is -2.38. The number of carbonyl (C=O) groups is 1. The van der Waals surface area contributed by atoms with E-state index < -0.39 is 5.41 Å². The van der Waals surface area contributed by atoms with Gasteiger partial charge in [0.15, 0.2) is 0 Å². The third-order valence-electron chi connectivity index (χ3n) is 4.16. The SMILES string of the molecule is O=C(NCc1ccc2c(c1)CCC2)C1(CO)COC1. The molecule has 0 bridgehead atoms. The highest BCUT2D eigenvalue weighted by Crippen LogP contribution is 2.27. The monoisotopic (exact) mass is 261 g/mol. The first-order valence-corrected chi connectivity index (χ1v) is 6.81. The van der Waals surface area contributed by atoms with Gasteiger partial charge in [-0.25, -0.2) is 0 Å². The molecule has 1 saturated heterocycles. The highest BCUT2D eigenvalue weighted by molar-refractivity contribution is 5.83. The quantitative estimate of drug-likeness (QED) is 0.843. The maximum Gasteiger partial charge on any atom is 0.233 e. The minimum atomic E-state index is -0.712. The van der Waals surface area contributed by atoms with Crippen LogP contribution in [0.5, 0.6) is 0 Å². The third-order valence-corrected chi connectivity index (χ3v) is 4.16. The number of amides is 1.